The largest absolute Gasteiger partial charge is 0.441 e. The van der Waals surface area contributed by atoms with Crippen LogP contribution in [-0.4, -0.2) is 59.1 Å². The third-order valence-electron chi connectivity index (χ3n) is 3.30. The van der Waals surface area contributed by atoms with Gasteiger partial charge in [0.25, 0.3) is 0 Å². The average molecular weight is 284 g/mol. The lowest BCUT2D eigenvalue weighted by Gasteiger charge is -2.44. The van der Waals surface area contributed by atoms with Crippen molar-refractivity contribution in [2.75, 3.05) is 6.61 Å². The Morgan fingerprint density at radius 3 is 2.50 bits per heavy atom. The molecule has 7 nitrogen and oxygen atoms in total. The summed E-state index contributed by atoms with van der Waals surface area (Å²) in [6.45, 7) is -0.914. The number of hydrogen-bond acceptors (Lipinski definition) is 7. The van der Waals surface area contributed by atoms with Gasteiger partial charge in [-0.3, -0.25) is 0 Å². The molecule has 0 aliphatic carbocycles. The average Bonchev–Trinajstić information content (AvgIpc) is 2.47. The molecule has 0 aromatic heterocycles. The molecule has 3 rings (SSSR count). The molecule has 3 N–H and O–H groups in total. The summed E-state index contributed by atoms with van der Waals surface area (Å²) in [7, 11) is 0. The Morgan fingerprint density at radius 2 is 1.75 bits per heavy atom. The summed E-state index contributed by atoms with van der Waals surface area (Å²) in [6, 6.07) is 8.94. The minimum atomic E-state index is -1.45. The second-order valence-corrected chi connectivity index (χ2v) is 4.70. The Hall–Kier alpha value is -1.22. The van der Waals surface area contributed by atoms with E-state index in [1.807, 2.05) is 6.07 Å². The lowest BCUT2D eigenvalue weighted by Crippen LogP contribution is -2.63. The molecule has 0 spiro atoms. The summed E-state index contributed by atoms with van der Waals surface area (Å²) in [5.41, 5.74) is 0. The third-order valence-corrected chi connectivity index (χ3v) is 3.30. The molecule has 0 saturated carbocycles. The molecule has 2 aliphatic heterocycles. The van der Waals surface area contributed by atoms with Gasteiger partial charge in [-0.2, -0.15) is 0 Å². The molecule has 7 heteroatoms. The molecule has 2 aliphatic rings. The minimum Gasteiger partial charge on any atom is -0.441 e. The topological polar surface area (TPSA) is 97.6 Å². The summed E-state index contributed by atoms with van der Waals surface area (Å²) >= 11 is 0. The van der Waals surface area contributed by atoms with Crippen molar-refractivity contribution in [3.8, 4) is 5.75 Å². The van der Waals surface area contributed by atoms with E-state index in [9.17, 15) is 15.3 Å². The van der Waals surface area contributed by atoms with Crippen LogP contribution >= 0.6 is 0 Å². The van der Waals surface area contributed by atoms with Crippen LogP contribution < -0.4 is 4.74 Å². The lowest BCUT2D eigenvalue weighted by atomic mass is 9.99. The molecule has 1 aromatic carbocycles. The van der Waals surface area contributed by atoms with Crippen LogP contribution in [0.5, 0.6) is 5.75 Å². The highest BCUT2D eigenvalue weighted by atomic mass is 16.9. The van der Waals surface area contributed by atoms with Crippen LogP contribution in [0.15, 0.2) is 30.3 Å². The van der Waals surface area contributed by atoms with Gasteiger partial charge in [-0.05, 0) is 12.1 Å². The Morgan fingerprint density at radius 1 is 1.00 bits per heavy atom. The quantitative estimate of drug-likeness (QED) is 0.654. The van der Waals surface area contributed by atoms with E-state index in [1.54, 1.807) is 24.3 Å². The van der Waals surface area contributed by atoms with Gasteiger partial charge < -0.3 is 34.3 Å². The van der Waals surface area contributed by atoms with E-state index in [-0.39, 0.29) is 6.61 Å². The number of hydrogen-bond donors (Lipinski definition) is 3. The fourth-order valence-corrected chi connectivity index (χ4v) is 2.24. The molecule has 0 bridgehead atoms. The van der Waals surface area contributed by atoms with Gasteiger partial charge in [-0.25, -0.2) is 0 Å². The van der Waals surface area contributed by atoms with Gasteiger partial charge in [0, 0.05) is 0 Å². The van der Waals surface area contributed by atoms with Crippen molar-refractivity contribution in [3.05, 3.63) is 30.3 Å². The van der Waals surface area contributed by atoms with E-state index in [4.69, 9.17) is 18.9 Å². The van der Waals surface area contributed by atoms with E-state index in [1.165, 1.54) is 0 Å². The number of ether oxygens (including phenoxy) is 4. The zero-order valence-electron chi connectivity index (χ0n) is 10.5. The van der Waals surface area contributed by atoms with Crippen LogP contribution in [0.3, 0.4) is 0 Å². The molecule has 2 unspecified atom stereocenters. The van der Waals surface area contributed by atoms with Crippen molar-refractivity contribution in [1.29, 1.82) is 0 Å². The first-order chi connectivity index (χ1) is 9.65. The second-order valence-electron chi connectivity index (χ2n) is 4.70. The minimum absolute atomic E-state index is 0.0863. The normalized spacial score (nSPS) is 41.0. The molecule has 2 heterocycles. The first kappa shape index (κ1) is 13.7. The standard InChI is InChI=1S/C13H16O7/c14-9-10(15)12(16)19-8-6-17-13(20-11(8)9)18-7-4-2-1-3-5-7/h1-5,8-16H,6H2/t8-,9-,10-,11-,12?,13?/m1/s1. The number of rotatable bonds is 2. The predicted molar refractivity (Wildman–Crippen MR) is 64.6 cm³/mol. The zero-order valence-corrected chi connectivity index (χ0v) is 10.5. The van der Waals surface area contributed by atoms with Crippen LogP contribution in [0, 0.1) is 0 Å². The van der Waals surface area contributed by atoms with Gasteiger partial charge in [0.15, 0.2) is 6.29 Å². The van der Waals surface area contributed by atoms with Crippen molar-refractivity contribution in [2.24, 2.45) is 0 Å². The predicted octanol–water partition coefficient (Wildman–Crippen LogP) is -0.797. The Balaban J connectivity index is 1.65. The molecule has 0 amide bonds. The third kappa shape index (κ3) is 2.64. The number of benzene rings is 1. The molecular weight excluding hydrogens is 268 g/mol. The number of aliphatic hydroxyl groups excluding tert-OH is 3. The van der Waals surface area contributed by atoms with E-state index < -0.39 is 37.2 Å². The van der Waals surface area contributed by atoms with E-state index in [2.05, 4.69) is 0 Å². The number of aliphatic hydroxyl groups is 3. The number of fused-ring (bicyclic) bond motifs is 1. The molecule has 20 heavy (non-hydrogen) atoms. The first-order valence-corrected chi connectivity index (χ1v) is 6.33. The molecular formula is C13H16O7. The van der Waals surface area contributed by atoms with Crippen LogP contribution in [0.1, 0.15) is 0 Å². The van der Waals surface area contributed by atoms with Gasteiger partial charge in [-0.1, -0.05) is 18.2 Å². The summed E-state index contributed by atoms with van der Waals surface area (Å²) in [6.07, 6.45) is -5.62. The Bertz CT molecular complexity index is 438. The van der Waals surface area contributed by atoms with Crippen molar-refractivity contribution >= 4 is 0 Å². The van der Waals surface area contributed by atoms with E-state index in [0.29, 0.717) is 5.75 Å². The van der Waals surface area contributed by atoms with Crippen LogP contribution in [0.2, 0.25) is 0 Å². The molecule has 6 atom stereocenters. The van der Waals surface area contributed by atoms with Gasteiger partial charge >= 0.3 is 6.48 Å². The van der Waals surface area contributed by atoms with Crippen LogP contribution in [0.4, 0.5) is 0 Å². The SMILES string of the molecule is OC1O[C@@H]2COC(Oc3ccccc3)O[C@H]2[C@H](O)[C@H]1O. The van der Waals surface area contributed by atoms with Gasteiger partial charge in [0.2, 0.25) is 0 Å². The fraction of sp³-hybridized carbons (Fsp3) is 0.538. The smallest absolute Gasteiger partial charge is 0.316 e. The lowest BCUT2D eigenvalue weighted by molar-refractivity contribution is -0.385. The number of para-hydroxylation sites is 1. The van der Waals surface area contributed by atoms with Crippen molar-refractivity contribution in [3.63, 3.8) is 0 Å². The molecule has 110 valence electrons. The molecule has 1 aromatic rings. The van der Waals surface area contributed by atoms with Crippen molar-refractivity contribution in [1.82, 2.24) is 0 Å². The maximum atomic E-state index is 9.90. The van der Waals surface area contributed by atoms with Crippen LogP contribution in [0.25, 0.3) is 0 Å². The fourth-order valence-electron chi connectivity index (χ4n) is 2.24. The van der Waals surface area contributed by atoms with Gasteiger partial charge in [0.05, 0.1) is 6.61 Å². The van der Waals surface area contributed by atoms with Crippen molar-refractivity contribution in [2.45, 2.75) is 37.2 Å². The maximum absolute atomic E-state index is 9.90. The highest BCUT2D eigenvalue weighted by Crippen LogP contribution is 2.28. The Kier molecular flexibility index (Phi) is 3.88. The molecule has 2 fully saturated rings. The molecule has 2 saturated heterocycles. The summed E-state index contributed by atoms with van der Waals surface area (Å²) < 4.78 is 21.3. The van der Waals surface area contributed by atoms with Crippen molar-refractivity contribution < 1.29 is 34.3 Å². The second kappa shape index (κ2) is 5.65. The summed E-state index contributed by atoms with van der Waals surface area (Å²) in [5.74, 6) is 0.558. The van der Waals surface area contributed by atoms with E-state index in [0.717, 1.165) is 0 Å². The first-order valence-electron chi connectivity index (χ1n) is 6.33. The van der Waals surface area contributed by atoms with Crippen LogP contribution in [-0.2, 0) is 14.2 Å². The zero-order chi connectivity index (χ0) is 14.1. The summed E-state index contributed by atoms with van der Waals surface area (Å²) in [5, 5.41) is 28.9. The Labute approximate surface area is 115 Å². The van der Waals surface area contributed by atoms with Gasteiger partial charge in [-0.15, -0.1) is 0 Å². The highest BCUT2D eigenvalue weighted by molar-refractivity contribution is 5.20. The van der Waals surface area contributed by atoms with Gasteiger partial charge in [0.1, 0.15) is 30.2 Å². The molecule has 0 radical (unpaired) electrons. The monoisotopic (exact) mass is 284 g/mol. The maximum Gasteiger partial charge on any atom is 0.316 e. The summed E-state index contributed by atoms with van der Waals surface area (Å²) in [4.78, 5) is 0. The van der Waals surface area contributed by atoms with E-state index >= 15 is 0 Å². The highest BCUT2D eigenvalue weighted by Gasteiger charge is 2.48.